The highest BCUT2D eigenvalue weighted by Crippen LogP contribution is 2.13. The summed E-state index contributed by atoms with van der Waals surface area (Å²) in [7, 11) is 0. The summed E-state index contributed by atoms with van der Waals surface area (Å²) >= 11 is 1.64. The molecule has 1 aromatic carbocycles. The van der Waals surface area contributed by atoms with Gasteiger partial charge in [0.05, 0.1) is 6.54 Å². The van der Waals surface area contributed by atoms with Gasteiger partial charge >= 0.3 is 0 Å². The molecule has 1 aromatic heterocycles. The first kappa shape index (κ1) is 17.1. The van der Waals surface area contributed by atoms with Crippen LogP contribution in [0.3, 0.4) is 0 Å². The van der Waals surface area contributed by atoms with Crippen molar-refractivity contribution in [2.24, 2.45) is 0 Å². The molecule has 0 saturated carbocycles. The van der Waals surface area contributed by atoms with E-state index in [-0.39, 0.29) is 18.1 Å². The molecule has 2 amide bonds. The number of hydrogen-bond donors (Lipinski definition) is 2. The molecule has 2 aromatic rings. The first-order valence-electron chi connectivity index (χ1n) is 7.08. The maximum Gasteiger partial charge on any atom is 0.243 e. The van der Waals surface area contributed by atoms with Crippen molar-refractivity contribution in [2.75, 3.05) is 11.9 Å². The fraction of sp³-hybridized carbons (Fsp3) is 0.250. The van der Waals surface area contributed by atoms with Crippen molar-refractivity contribution < 1.29 is 18.4 Å². The molecule has 0 spiro atoms. The van der Waals surface area contributed by atoms with Gasteiger partial charge in [-0.3, -0.25) is 9.59 Å². The van der Waals surface area contributed by atoms with Crippen LogP contribution in [0, 0.1) is 11.6 Å². The molecule has 2 N–H and O–H groups in total. The molecule has 122 valence electrons. The van der Waals surface area contributed by atoms with Crippen LogP contribution in [0.4, 0.5) is 14.5 Å². The summed E-state index contributed by atoms with van der Waals surface area (Å²) in [6, 6.07) is 7.03. The van der Waals surface area contributed by atoms with Crippen molar-refractivity contribution in [3.63, 3.8) is 0 Å². The minimum Gasteiger partial charge on any atom is -0.347 e. The lowest BCUT2D eigenvalue weighted by Crippen LogP contribution is -2.32. The smallest absolute Gasteiger partial charge is 0.243 e. The molecule has 0 unspecified atom stereocenters. The zero-order chi connectivity index (χ0) is 16.7. The molecule has 23 heavy (non-hydrogen) atoms. The third-order valence-corrected chi connectivity index (χ3v) is 3.99. The predicted molar refractivity (Wildman–Crippen MR) is 85.3 cm³/mol. The Balaban J connectivity index is 1.67. The van der Waals surface area contributed by atoms with Crippen LogP contribution in [-0.2, 0) is 16.0 Å². The summed E-state index contributed by atoms with van der Waals surface area (Å²) in [6.07, 6.45) is 1.86. The molecule has 0 aliphatic carbocycles. The number of amides is 2. The number of benzene rings is 1. The predicted octanol–water partition coefficient (Wildman–Crippen LogP) is 3.10. The molecule has 4 nitrogen and oxygen atoms in total. The molecule has 7 heteroatoms. The molecule has 1 heterocycles. The number of thiophene rings is 1. The van der Waals surface area contributed by atoms with Crippen molar-refractivity contribution in [3.05, 3.63) is 52.2 Å². The zero-order valence-corrected chi connectivity index (χ0v) is 13.1. The van der Waals surface area contributed by atoms with Gasteiger partial charge in [-0.15, -0.1) is 11.3 Å². The van der Waals surface area contributed by atoms with E-state index in [0.717, 1.165) is 18.6 Å². The molecular weight excluding hydrogens is 322 g/mol. The lowest BCUT2D eigenvalue weighted by atomic mass is 10.2. The Kier molecular flexibility index (Phi) is 6.22. The van der Waals surface area contributed by atoms with Crippen LogP contribution in [0.15, 0.2) is 35.7 Å². The maximum atomic E-state index is 13.0. The second kappa shape index (κ2) is 8.38. The average Bonchev–Trinajstić information content (AvgIpc) is 3.02. The van der Waals surface area contributed by atoms with Gasteiger partial charge in [-0.1, -0.05) is 6.07 Å². The summed E-state index contributed by atoms with van der Waals surface area (Å²) in [5, 5.41) is 6.86. The van der Waals surface area contributed by atoms with E-state index in [4.69, 9.17) is 0 Å². The van der Waals surface area contributed by atoms with Crippen LogP contribution in [0.1, 0.15) is 17.7 Å². The molecular formula is C16H16F2N2O2S. The lowest BCUT2D eigenvalue weighted by molar-refractivity contribution is -0.124. The molecule has 0 radical (unpaired) electrons. The Morgan fingerprint density at radius 3 is 2.61 bits per heavy atom. The van der Waals surface area contributed by atoms with Crippen molar-refractivity contribution in [2.45, 2.75) is 19.3 Å². The SMILES string of the molecule is O=C(CCCc1cccs1)NCC(=O)Nc1ccc(F)c(F)c1. The van der Waals surface area contributed by atoms with E-state index >= 15 is 0 Å². The van der Waals surface area contributed by atoms with Crippen LogP contribution in [0.25, 0.3) is 0 Å². The van der Waals surface area contributed by atoms with E-state index in [1.807, 2.05) is 17.5 Å². The maximum absolute atomic E-state index is 13.0. The minimum atomic E-state index is -1.04. The van der Waals surface area contributed by atoms with Gasteiger partial charge in [0.15, 0.2) is 11.6 Å². The molecule has 0 aliphatic heterocycles. The topological polar surface area (TPSA) is 58.2 Å². The number of hydrogen-bond acceptors (Lipinski definition) is 3. The second-order valence-corrected chi connectivity index (χ2v) is 5.92. The Labute approximate surface area is 136 Å². The highest BCUT2D eigenvalue weighted by molar-refractivity contribution is 7.09. The molecule has 0 bridgehead atoms. The van der Waals surface area contributed by atoms with Gasteiger partial charge in [0.1, 0.15) is 0 Å². The number of anilines is 1. The fourth-order valence-electron chi connectivity index (χ4n) is 1.92. The number of rotatable bonds is 7. The first-order valence-corrected chi connectivity index (χ1v) is 7.96. The van der Waals surface area contributed by atoms with Crippen LogP contribution in [-0.4, -0.2) is 18.4 Å². The summed E-state index contributed by atoms with van der Waals surface area (Å²) in [5.41, 5.74) is 0.140. The van der Waals surface area contributed by atoms with Crippen molar-refractivity contribution >= 4 is 28.8 Å². The largest absolute Gasteiger partial charge is 0.347 e. The number of carbonyl (C=O) groups excluding carboxylic acids is 2. The zero-order valence-electron chi connectivity index (χ0n) is 12.3. The molecule has 0 saturated heterocycles. The van der Waals surface area contributed by atoms with Crippen LogP contribution >= 0.6 is 11.3 Å². The van der Waals surface area contributed by atoms with Crippen LogP contribution < -0.4 is 10.6 Å². The minimum absolute atomic E-state index is 0.140. The second-order valence-electron chi connectivity index (χ2n) is 4.89. The molecule has 2 rings (SSSR count). The highest BCUT2D eigenvalue weighted by Gasteiger charge is 2.08. The standard InChI is InChI=1S/C16H16F2N2O2S/c17-13-7-6-11(9-14(13)18)20-16(22)10-19-15(21)5-1-3-12-4-2-8-23-12/h2,4,6-9H,1,3,5,10H2,(H,19,21)(H,20,22). The third kappa shape index (κ3) is 5.78. The van der Waals surface area contributed by atoms with Gasteiger partial charge in [-0.2, -0.15) is 0 Å². The average molecular weight is 338 g/mol. The normalized spacial score (nSPS) is 10.3. The van der Waals surface area contributed by atoms with Crippen molar-refractivity contribution in [1.29, 1.82) is 0 Å². The summed E-state index contributed by atoms with van der Waals surface area (Å²) < 4.78 is 25.8. The van der Waals surface area contributed by atoms with Crippen LogP contribution in [0.5, 0.6) is 0 Å². The quantitative estimate of drug-likeness (QED) is 0.815. The van der Waals surface area contributed by atoms with Gasteiger partial charge < -0.3 is 10.6 Å². The summed E-state index contributed by atoms with van der Waals surface area (Å²) in [4.78, 5) is 24.5. The highest BCUT2D eigenvalue weighted by atomic mass is 32.1. The van der Waals surface area contributed by atoms with Gasteiger partial charge in [-0.25, -0.2) is 8.78 Å². The van der Waals surface area contributed by atoms with Crippen molar-refractivity contribution in [3.8, 4) is 0 Å². The Hall–Kier alpha value is -2.28. The third-order valence-electron chi connectivity index (χ3n) is 3.06. The van der Waals surface area contributed by atoms with E-state index in [1.54, 1.807) is 11.3 Å². The monoisotopic (exact) mass is 338 g/mol. The Morgan fingerprint density at radius 1 is 1.09 bits per heavy atom. The summed E-state index contributed by atoms with van der Waals surface area (Å²) in [6.45, 7) is -0.211. The van der Waals surface area contributed by atoms with Gasteiger partial charge in [0, 0.05) is 23.1 Å². The molecule has 0 atom stereocenters. The van der Waals surface area contributed by atoms with E-state index < -0.39 is 17.5 Å². The molecule has 0 aliphatic rings. The number of nitrogens with one attached hydrogen (secondary N) is 2. The van der Waals surface area contributed by atoms with Crippen molar-refractivity contribution in [1.82, 2.24) is 5.32 Å². The van der Waals surface area contributed by atoms with Gasteiger partial charge in [0.25, 0.3) is 0 Å². The van der Waals surface area contributed by atoms with E-state index in [0.29, 0.717) is 12.8 Å². The number of carbonyl (C=O) groups is 2. The summed E-state index contributed by atoms with van der Waals surface area (Å²) in [5.74, 6) is -2.74. The number of aryl methyl sites for hydroxylation is 1. The Bertz CT molecular complexity index is 675. The van der Waals surface area contributed by atoms with Gasteiger partial charge in [0.2, 0.25) is 11.8 Å². The van der Waals surface area contributed by atoms with Gasteiger partial charge in [-0.05, 0) is 36.4 Å². The van der Waals surface area contributed by atoms with E-state index in [9.17, 15) is 18.4 Å². The Morgan fingerprint density at radius 2 is 1.91 bits per heavy atom. The van der Waals surface area contributed by atoms with E-state index in [1.165, 1.54) is 10.9 Å². The molecule has 0 fully saturated rings. The van der Waals surface area contributed by atoms with E-state index in [2.05, 4.69) is 10.6 Å². The van der Waals surface area contributed by atoms with Crippen LogP contribution in [0.2, 0.25) is 0 Å². The fourth-order valence-corrected chi connectivity index (χ4v) is 2.68. The lowest BCUT2D eigenvalue weighted by Gasteiger charge is -2.07. The number of halogens is 2. The first-order chi connectivity index (χ1) is 11.0.